The molecule has 1 N–H and O–H groups in total. The highest BCUT2D eigenvalue weighted by Gasteiger charge is 2.10. The van der Waals surface area contributed by atoms with Gasteiger partial charge in [0, 0.05) is 44.5 Å². The Hall–Kier alpha value is -2.15. The van der Waals surface area contributed by atoms with Gasteiger partial charge >= 0.3 is 5.69 Å². The van der Waals surface area contributed by atoms with Crippen LogP contribution in [0.5, 0.6) is 0 Å². The van der Waals surface area contributed by atoms with Gasteiger partial charge in [-0.15, -0.1) is 0 Å². The number of rotatable bonds is 4. The quantitative estimate of drug-likeness (QED) is 0.850. The highest BCUT2D eigenvalue weighted by atomic mass is 16.5. The summed E-state index contributed by atoms with van der Waals surface area (Å²) in [5.74, 6) is 0.767. The Balaban J connectivity index is 2.13. The van der Waals surface area contributed by atoms with Crippen LogP contribution in [-0.4, -0.2) is 14.3 Å². The largest absolute Gasteiger partial charge is 0.361 e. The number of aryl methyl sites for hydroxylation is 3. The Labute approximate surface area is 115 Å². The first kappa shape index (κ1) is 14.3. The van der Waals surface area contributed by atoms with Gasteiger partial charge in [-0.25, -0.2) is 4.79 Å². The Morgan fingerprint density at radius 1 is 1.25 bits per heavy atom. The predicted molar refractivity (Wildman–Crippen MR) is 73.4 cm³/mol. The summed E-state index contributed by atoms with van der Waals surface area (Å²) in [6.07, 6.45) is 1.56. The summed E-state index contributed by atoms with van der Waals surface area (Å²) in [4.78, 5) is 23.5. The van der Waals surface area contributed by atoms with E-state index in [1.54, 1.807) is 13.2 Å². The maximum atomic E-state index is 11.9. The van der Waals surface area contributed by atoms with Crippen molar-refractivity contribution >= 4 is 0 Å². The van der Waals surface area contributed by atoms with Crippen LogP contribution < -0.4 is 16.6 Å². The van der Waals surface area contributed by atoms with Gasteiger partial charge in [0.05, 0.1) is 5.69 Å². The fraction of sp³-hybridized carbons (Fsp3) is 0.462. The van der Waals surface area contributed by atoms with Crippen LogP contribution in [-0.2, 0) is 27.2 Å². The van der Waals surface area contributed by atoms with Gasteiger partial charge in [0.2, 0.25) is 0 Å². The molecule has 2 aromatic rings. The van der Waals surface area contributed by atoms with E-state index in [4.69, 9.17) is 4.52 Å². The van der Waals surface area contributed by atoms with Crippen LogP contribution in [0.4, 0.5) is 0 Å². The topological polar surface area (TPSA) is 82.1 Å². The molecule has 0 aliphatic rings. The zero-order valence-electron chi connectivity index (χ0n) is 12.1. The Morgan fingerprint density at radius 3 is 2.55 bits per heavy atom. The SMILES string of the molecule is Cc1noc(C)c1CNCc1cn(C)c(=O)n(C)c1=O. The second kappa shape index (κ2) is 5.46. The van der Waals surface area contributed by atoms with E-state index in [2.05, 4.69) is 10.5 Å². The molecule has 0 unspecified atom stereocenters. The van der Waals surface area contributed by atoms with E-state index >= 15 is 0 Å². The highest BCUT2D eigenvalue weighted by Crippen LogP contribution is 2.11. The molecule has 7 nitrogen and oxygen atoms in total. The van der Waals surface area contributed by atoms with Gasteiger partial charge in [-0.3, -0.25) is 9.36 Å². The van der Waals surface area contributed by atoms with Gasteiger partial charge in [-0.2, -0.15) is 0 Å². The van der Waals surface area contributed by atoms with Crippen LogP contribution in [0.25, 0.3) is 0 Å². The molecule has 0 aliphatic carbocycles. The molecule has 0 amide bonds. The van der Waals surface area contributed by atoms with E-state index in [0.717, 1.165) is 21.6 Å². The van der Waals surface area contributed by atoms with E-state index < -0.39 is 0 Å². The van der Waals surface area contributed by atoms with Crippen molar-refractivity contribution < 1.29 is 4.52 Å². The molecule has 2 rings (SSSR count). The monoisotopic (exact) mass is 278 g/mol. The Morgan fingerprint density at radius 2 is 1.95 bits per heavy atom. The number of hydrogen-bond donors (Lipinski definition) is 1. The normalized spacial score (nSPS) is 11.0. The molecular formula is C13H18N4O3. The van der Waals surface area contributed by atoms with E-state index in [1.807, 2.05) is 13.8 Å². The zero-order valence-corrected chi connectivity index (χ0v) is 12.1. The van der Waals surface area contributed by atoms with Crippen LogP contribution in [0.3, 0.4) is 0 Å². The standard InChI is InChI=1S/C13H18N4O3/c1-8-11(9(2)20-15-8)6-14-5-10-7-16(3)13(19)17(4)12(10)18/h7,14H,5-6H2,1-4H3. The van der Waals surface area contributed by atoms with Gasteiger partial charge in [-0.05, 0) is 13.8 Å². The third-order valence-electron chi connectivity index (χ3n) is 3.32. The number of hydrogen-bond acceptors (Lipinski definition) is 5. The summed E-state index contributed by atoms with van der Waals surface area (Å²) in [6, 6.07) is 0. The Kier molecular flexibility index (Phi) is 3.89. The molecule has 108 valence electrons. The summed E-state index contributed by atoms with van der Waals surface area (Å²) in [5.41, 5.74) is 1.76. The van der Waals surface area contributed by atoms with Gasteiger partial charge in [0.25, 0.3) is 5.56 Å². The minimum absolute atomic E-state index is 0.278. The van der Waals surface area contributed by atoms with E-state index in [-0.39, 0.29) is 11.2 Å². The summed E-state index contributed by atoms with van der Waals surface area (Å²) >= 11 is 0. The minimum atomic E-state index is -0.329. The van der Waals surface area contributed by atoms with Crippen molar-refractivity contribution in [3.8, 4) is 0 Å². The molecule has 2 aromatic heterocycles. The van der Waals surface area contributed by atoms with Crippen LogP contribution in [0.2, 0.25) is 0 Å². The lowest BCUT2D eigenvalue weighted by Crippen LogP contribution is -2.39. The first-order valence-electron chi connectivity index (χ1n) is 6.29. The second-order valence-electron chi connectivity index (χ2n) is 4.82. The lowest BCUT2D eigenvalue weighted by Gasteiger charge is -2.08. The van der Waals surface area contributed by atoms with Crippen molar-refractivity contribution in [2.75, 3.05) is 0 Å². The maximum Gasteiger partial charge on any atom is 0.330 e. The third kappa shape index (κ3) is 2.57. The lowest BCUT2D eigenvalue weighted by atomic mass is 10.2. The van der Waals surface area contributed by atoms with Gasteiger partial charge in [-0.1, -0.05) is 5.16 Å². The van der Waals surface area contributed by atoms with Crippen molar-refractivity contribution in [3.63, 3.8) is 0 Å². The minimum Gasteiger partial charge on any atom is -0.361 e. The van der Waals surface area contributed by atoms with E-state index in [0.29, 0.717) is 18.7 Å². The first-order chi connectivity index (χ1) is 9.41. The fourth-order valence-corrected chi connectivity index (χ4v) is 2.08. The van der Waals surface area contributed by atoms with Gasteiger partial charge in [0.15, 0.2) is 0 Å². The molecular weight excluding hydrogens is 260 g/mol. The highest BCUT2D eigenvalue weighted by molar-refractivity contribution is 5.20. The summed E-state index contributed by atoms with van der Waals surface area (Å²) in [6.45, 7) is 4.67. The van der Waals surface area contributed by atoms with E-state index in [1.165, 1.54) is 11.6 Å². The molecule has 0 aliphatic heterocycles. The average Bonchev–Trinajstić information content (AvgIpc) is 2.73. The third-order valence-corrected chi connectivity index (χ3v) is 3.32. The molecule has 20 heavy (non-hydrogen) atoms. The van der Waals surface area contributed by atoms with E-state index in [9.17, 15) is 9.59 Å². The molecule has 0 saturated heterocycles. The molecule has 0 fully saturated rings. The molecule has 0 radical (unpaired) electrons. The van der Waals surface area contributed by atoms with Gasteiger partial charge < -0.3 is 14.4 Å². The number of nitrogens with one attached hydrogen (secondary N) is 1. The van der Waals surface area contributed by atoms with Crippen molar-refractivity contribution in [1.82, 2.24) is 19.6 Å². The average molecular weight is 278 g/mol. The van der Waals surface area contributed by atoms with Crippen molar-refractivity contribution in [1.29, 1.82) is 0 Å². The summed E-state index contributed by atoms with van der Waals surface area (Å²) in [5, 5.41) is 7.04. The van der Waals surface area contributed by atoms with Crippen molar-refractivity contribution in [2.45, 2.75) is 26.9 Å². The predicted octanol–water partition coefficient (Wildman–Crippen LogP) is -0.0214. The summed E-state index contributed by atoms with van der Waals surface area (Å²) < 4.78 is 7.58. The summed E-state index contributed by atoms with van der Waals surface area (Å²) in [7, 11) is 3.10. The molecule has 0 bridgehead atoms. The second-order valence-corrected chi connectivity index (χ2v) is 4.82. The molecule has 7 heteroatoms. The molecule has 2 heterocycles. The smallest absolute Gasteiger partial charge is 0.330 e. The van der Waals surface area contributed by atoms with Crippen LogP contribution in [0.1, 0.15) is 22.6 Å². The molecule has 0 atom stereocenters. The number of aromatic nitrogens is 3. The Bertz CT molecular complexity index is 720. The molecule has 0 saturated carbocycles. The number of nitrogens with zero attached hydrogens (tertiary/aromatic N) is 3. The van der Waals surface area contributed by atoms with Gasteiger partial charge in [0.1, 0.15) is 5.76 Å². The first-order valence-corrected chi connectivity index (χ1v) is 6.29. The van der Waals surface area contributed by atoms with Crippen LogP contribution in [0, 0.1) is 13.8 Å². The van der Waals surface area contributed by atoms with Crippen molar-refractivity contribution in [3.05, 3.63) is 49.6 Å². The van der Waals surface area contributed by atoms with Crippen molar-refractivity contribution in [2.24, 2.45) is 14.1 Å². The maximum absolute atomic E-state index is 11.9. The molecule has 0 aromatic carbocycles. The van der Waals surface area contributed by atoms with Crippen LogP contribution in [0.15, 0.2) is 20.3 Å². The zero-order chi connectivity index (χ0) is 14.9. The molecule has 0 spiro atoms. The lowest BCUT2D eigenvalue weighted by molar-refractivity contribution is 0.392. The van der Waals surface area contributed by atoms with Crippen LogP contribution >= 0.6 is 0 Å². The fourth-order valence-electron chi connectivity index (χ4n) is 2.08.